The summed E-state index contributed by atoms with van der Waals surface area (Å²) in [4.78, 5) is 31.6. The van der Waals surface area contributed by atoms with E-state index in [0.717, 1.165) is 29.7 Å². The average molecular weight is 426 g/mol. The Morgan fingerprint density at radius 2 is 2.03 bits per heavy atom. The zero-order valence-electron chi connectivity index (χ0n) is 17.6. The Morgan fingerprint density at radius 1 is 1.26 bits per heavy atom. The van der Waals surface area contributed by atoms with Crippen molar-refractivity contribution in [2.75, 3.05) is 19.0 Å². The molecule has 1 fully saturated rings. The van der Waals surface area contributed by atoms with E-state index in [1.54, 1.807) is 6.20 Å². The zero-order valence-corrected chi connectivity index (χ0v) is 17.6. The van der Waals surface area contributed by atoms with Crippen molar-refractivity contribution in [1.82, 2.24) is 19.3 Å². The maximum absolute atomic E-state index is 11.4. The van der Waals surface area contributed by atoms with Gasteiger partial charge in [0.25, 0.3) is 0 Å². The Kier molecular flexibility index (Phi) is 5.79. The number of rotatable bonds is 8. The van der Waals surface area contributed by atoms with Crippen LogP contribution in [-0.4, -0.2) is 51.0 Å². The first-order valence-electron chi connectivity index (χ1n) is 10.2. The van der Waals surface area contributed by atoms with Gasteiger partial charge >= 0.3 is 5.97 Å². The smallest absolute Gasteiger partial charge is 0.308 e. The van der Waals surface area contributed by atoms with Crippen LogP contribution in [0.4, 0.5) is 5.95 Å². The molecular formula is C21H26N6O4. The molecule has 1 aliphatic rings. The van der Waals surface area contributed by atoms with E-state index in [-0.39, 0.29) is 36.9 Å². The molecule has 1 aromatic carbocycles. The lowest BCUT2D eigenvalue weighted by Crippen LogP contribution is -2.25. The largest absolute Gasteiger partial charge is 0.493 e. The van der Waals surface area contributed by atoms with Crippen LogP contribution in [0, 0.1) is 5.92 Å². The molecule has 3 N–H and O–H groups in total. The number of primary amides is 1. The van der Waals surface area contributed by atoms with Crippen molar-refractivity contribution in [2.24, 2.45) is 18.7 Å². The number of aryl methyl sites for hydroxylation is 1. The van der Waals surface area contributed by atoms with E-state index in [4.69, 9.17) is 10.5 Å². The Labute approximate surface area is 179 Å². The molecule has 0 aliphatic heterocycles. The Hall–Kier alpha value is -3.56. The van der Waals surface area contributed by atoms with E-state index in [0.29, 0.717) is 18.1 Å². The summed E-state index contributed by atoms with van der Waals surface area (Å²) in [5.74, 6) is 0.580. The third-order valence-corrected chi connectivity index (χ3v) is 5.65. The standard InChI is InChI=1S/C21H26N6O4/c1-26-17-12-23-21(24-14-4-3-13(11-14)19(22)29)25-20(17)27(26)15-5-7-16(8-6-15)31-10-9-18(28)30-2/h5-8,12-14H,3-4,9-11H2,1-2H3,(H2,22,29)(H,23,24,25)/t13-,14-/m1/s1. The summed E-state index contributed by atoms with van der Waals surface area (Å²) in [6.45, 7) is 0.262. The molecule has 3 aromatic rings. The molecule has 4 rings (SSSR count). The van der Waals surface area contributed by atoms with Gasteiger partial charge in [0.05, 0.1) is 32.0 Å². The quantitative estimate of drug-likeness (QED) is 0.526. The fourth-order valence-corrected chi connectivity index (χ4v) is 3.91. The number of ether oxygens (including phenoxy) is 2. The topological polar surface area (TPSA) is 126 Å². The second-order valence-corrected chi connectivity index (χ2v) is 7.66. The van der Waals surface area contributed by atoms with Crippen LogP contribution in [0.2, 0.25) is 0 Å². The number of methoxy groups -OCH3 is 1. The SMILES string of the molecule is COC(=O)CCOc1ccc(-n2c3nc(N[C@@H]4CC[C@@H](C(N)=O)C4)ncc3n2C)cc1. The fourth-order valence-electron chi connectivity index (χ4n) is 3.91. The number of fused-ring (bicyclic) bond motifs is 1. The second kappa shape index (κ2) is 8.66. The molecule has 1 aliphatic carbocycles. The summed E-state index contributed by atoms with van der Waals surface area (Å²) in [5.41, 5.74) is 8.06. The summed E-state index contributed by atoms with van der Waals surface area (Å²) in [5, 5.41) is 3.33. The number of nitrogens with zero attached hydrogens (tertiary/aromatic N) is 4. The van der Waals surface area contributed by atoms with Crippen LogP contribution in [0.3, 0.4) is 0 Å². The number of nitrogens with two attached hydrogens (primary N) is 1. The van der Waals surface area contributed by atoms with Crippen LogP contribution in [0.5, 0.6) is 5.75 Å². The molecule has 2 heterocycles. The van der Waals surface area contributed by atoms with Crippen molar-refractivity contribution in [2.45, 2.75) is 31.7 Å². The molecule has 164 valence electrons. The highest BCUT2D eigenvalue weighted by atomic mass is 16.5. The molecule has 1 saturated carbocycles. The molecule has 0 spiro atoms. The van der Waals surface area contributed by atoms with Gasteiger partial charge in [0, 0.05) is 19.0 Å². The van der Waals surface area contributed by atoms with Crippen LogP contribution < -0.4 is 15.8 Å². The van der Waals surface area contributed by atoms with E-state index in [9.17, 15) is 9.59 Å². The lowest BCUT2D eigenvalue weighted by atomic mass is 10.1. The molecule has 0 bridgehead atoms. The van der Waals surface area contributed by atoms with E-state index in [1.165, 1.54) is 7.11 Å². The van der Waals surface area contributed by atoms with E-state index in [2.05, 4.69) is 20.0 Å². The molecule has 0 unspecified atom stereocenters. The van der Waals surface area contributed by atoms with Gasteiger partial charge in [-0.25, -0.2) is 9.67 Å². The number of esters is 1. The summed E-state index contributed by atoms with van der Waals surface area (Å²) >= 11 is 0. The average Bonchev–Trinajstić information content (AvgIpc) is 3.23. The van der Waals surface area contributed by atoms with Crippen LogP contribution in [0.1, 0.15) is 25.7 Å². The molecule has 1 amide bonds. The summed E-state index contributed by atoms with van der Waals surface area (Å²) in [6.07, 6.45) is 4.35. The van der Waals surface area contributed by atoms with Crippen molar-refractivity contribution in [3.63, 3.8) is 0 Å². The van der Waals surface area contributed by atoms with Gasteiger partial charge in [0.15, 0.2) is 5.65 Å². The first kappa shape index (κ1) is 20.7. The van der Waals surface area contributed by atoms with E-state index in [1.807, 2.05) is 40.7 Å². The number of benzene rings is 1. The second-order valence-electron chi connectivity index (χ2n) is 7.66. The highest BCUT2D eigenvalue weighted by molar-refractivity contribution is 5.77. The van der Waals surface area contributed by atoms with Gasteiger partial charge in [-0.3, -0.25) is 14.3 Å². The minimum Gasteiger partial charge on any atom is -0.493 e. The molecule has 2 atom stereocenters. The summed E-state index contributed by atoms with van der Waals surface area (Å²) in [6, 6.07) is 7.69. The van der Waals surface area contributed by atoms with Gasteiger partial charge in [0.1, 0.15) is 11.3 Å². The van der Waals surface area contributed by atoms with Gasteiger partial charge in [-0.15, -0.1) is 0 Å². The normalized spacial score (nSPS) is 18.3. The molecule has 10 heteroatoms. The minimum atomic E-state index is -0.303. The van der Waals surface area contributed by atoms with Gasteiger partial charge in [-0.1, -0.05) is 0 Å². The van der Waals surface area contributed by atoms with Crippen LogP contribution in [0.25, 0.3) is 16.9 Å². The Morgan fingerprint density at radius 3 is 2.71 bits per heavy atom. The maximum Gasteiger partial charge on any atom is 0.308 e. The predicted octanol–water partition coefficient (Wildman–Crippen LogP) is 1.77. The third kappa shape index (κ3) is 4.32. The fraction of sp³-hybridized carbons (Fsp3) is 0.429. The lowest BCUT2D eigenvalue weighted by Gasteiger charge is -2.23. The highest BCUT2D eigenvalue weighted by Gasteiger charge is 2.29. The van der Waals surface area contributed by atoms with Crippen molar-refractivity contribution in [3.05, 3.63) is 30.5 Å². The molecule has 0 saturated heterocycles. The number of aromatic nitrogens is 4. The predicted molar refractivity (Wildman–Crippen MR) is 114 cm³/mol. The van der Waals surface area contributed by atoms with E-state index < -0.39 is 0 Å². The molecule has 31 heavy (non-hydrogen) atoms. The van der Waals surface area contributed by atoms with Crippen LogP contribution in [-0.2, 0) is 21.4 Å². The lowest BCUT2D eigenvalue weighted by molar-refractivity contribution is -0.141. The van der Waals surface area contributed by atoms with Gasteiger partial charge in [-0.2, -0.15) is 4.98 Å². The minimum absolute atomic E-state index is 0.0832. The van der Waals surface area contributed by atoms with Crippen molar-refractivity contribution < 1.29 is 19.1 Å². The number of carbonyl (C=O) groups is 2. The summed E-state index contributed by atoms with van der Waals surface area (Å²) in [7, 11) is 3.29. The van der Waals surface area contributed by atoms with Crippen LogP contribution >= 0.6 is 0 Å². The van der Waals surface area contributed by atoms with Gasteiger partial charge in [-0.05, 0) is 43.5 Å². The van der Waals surface area contributed by atoms with Crippen LogP contribution in [0.15, 0.2) is 30.5 Å². The van der Waals surface area contributed by atoms with Crippen molar-refractivity contribution in [3.8, 4) is 11.4 Å². The number of anilines is 1. The zero-order chi connectivity index (χ0) is 22.0. The Balaban J connectivity index is 1.45. The number of carbonyl (C=O) groups excluding carboxylic acids is 2. The number of amides is 1. The van der Waals surface area contributed by atoms with Crippen molar-refractivity contribution >= 4 is 29.0 Å². The maximum atomic E-state index is 11.4. The number of hydrogen-bond donors (Lipinski definition) is 2. The third-order valence-electron chi connectivity index (χ3n) is 5.65. The first-order valence-corrected chi connectivity index (χ1v) is 10.2. The molecular weight excluding hydrogens is 400 g/mol. The first-order chi connectivity index (χ1) is 15.0. The van der Waals surface area contributed by atoms with Crippen molar-refractivity contribution in [1.29, 1.82) is 0 Å². The molecule has 10 nitrogen and oxygen atoms in total. The van der Waals surface area contributed by atoms with Gasteiger partial charge in [0.2, 0.25) is 11.9 Å². The highest BCUT2D eigenvalue weighted by Crippen LogP contribution is 2.28. The molecule has 2 aromatic heterocycles. The monoisotopic (exact) mass is 426 g/mol. The number of hydrogen-bond acceptors (Lipinski definition) is 7. The Bertz CT molecular complexity index is 1090. The summed E-state index contributed by atoms with van der Waals surface area (Å²) < 4.78 is 14.1. The number of nitrogens with one attached hydrogen (secondary N) is 1. The van der Waals surface area contributed by atoms with E-state index >= 15 is 0 Å². The van der Waals surface area contributed by atoms with Gasteiger partial charge < -0.3 is 20.5 Å². The molecule has 0 radical (unpaired) electrons.